The summed E-state index contributed by atoms with van der Waals surface area (Å²) in [7, 11) is 0. The molecule has 0 aromatic heterocycles. The van der Waals surface area contributed by atoms with Crippen molar-refractivity contribution in [3.63, 3.8) is 0 Å². The third-order valence-corrected chi connectivity index (χ3v) is 2.53. The van der Waals surface area contributed by atoms with Gasteiger partial charge >= 0.3 is 0 Å². The molecule has 0 saturated carbocycles. The molecule has 1 nitrogen and oxygen atoms in total. The second-order valence-corrected chi connectivity index (χ2v) is 3.32. The first-order valence-corrected chi connectivity index (χ1v) is 4.44. The van der Waals surface area contributed by atoms with Crippen LogP contribution in [0.5, 0.6) is 0 Å². The maximum Gasteiger partial charge on any atom is 0.0494 e. The Kier molecular flexibility index (Phi) is 3.20. The van der Waals surface area contributed by atoms with Crippen LogP contribution in [0.25, 0.3) is 0 Å². The lowest BCUT2D eigenvalue weighted by Crippen LogP contribution is -2.24. The van der Waals surface area contributed by atoms with Gasteiger partial charge in [0.2, 0.25) is 0 Å². The van der Waals surface area contributed by atoms with E-state index in [2.05, 4.69) is 13.8 Å². The van der Waals surface area contributed by atoms with E-state index < -0.39 is 0 Å². The van der Waals surface area contributed by atoms with E-state index >= 15 is 0 Å². The van der Waals surface area contributed by atoms with E-state index in [1.165, 1.54) is 19.3 Å². The van der Waals surface area contributed by atoms with Gasteiger partial charge in [0.1, 0.15) is 0 Å². The summed E-state index contributed by atoms with van der Waals surface area (Å²) in [4.78, 5) is 0. The van der Waals surface area contributed by atoms with Gasteiger partial charge in [0.15, 0.2) is 0 Å². The van der Waals surface area contributed by atoms with Crippen LogP contribution in [0.3, 0.4) is 0 Å². The number of hydrogen-bond donors (Lipinski definition) is 0. The molecule has 0 bridgehead atoms. The van der Waals surface area contributed by atoms with E-state index in [0.29, 0.717) is 0 Å². The summed E-state index contributed by atoms with van der Waals surface area (Å²) in [5.74, 6) is 1.69. The monoisotopic (exact) mass is 142 g/mol. The van der Waals surface area contributed by atoms with Crippen LogP contribution in [-0.4, -0.2) is 13.2 Å². The SMILES string of the molecule is CCC1COCC(CC)C1. The van der Waals surface area contributed by atoms with Gasteiger partial charge in [-0.2, -0.15) is 0 Å². The molecule has 0 aromatic rings. The molecule has 2 atom stereocenters. The Morgan fingerprint density at radius 2 is 1.60 bits per heavy atom. The summed E-state index contributed by atoms with van der Waals surface area (Å²) in [6.07, 6.45) is 3.97. The molecular formula is C9H18O. The minimum Gasteiger partial charge on any atom is -0.381 e. The summed E-state index contributed by atoms with van der Waals surface area (Å²) < 4.78 is 5.48. The van der Waals surface area contributed by atoms with Crippen molar-refractivity contribution in [2.45, 2.75) is 33.1 Å². The summed E-state index contributed by atoms with van der Waals surface area (Å²) in [5.41, 5.74) is 0. The lowest BCUT2D eigenvalue weighted by atomic mass is 9.90. The summed E-state index contributed by atoms with van der Waals surface area (Å²) >= 11 is 0. The first kappa shape index (κ1) is 8.06. The number of ether oxygens (including phenoxy) is 1. The fourth-order valence-corrected chi connectivity index (χ4v) is 1.58. The van der Waals surface area contributed by atoms with Crippen LogP contribution >= 0.6 is 0 Å². The van der Waals surface area contributed by atoms with Crippen molar-refractivity contribution in [2.24, 2.45) is 11.8 Å². The van der Waals surface area contributed by atoms with Gasteiger partial charge in [0.25, 0.3) is 0 Å². The largest absolute Gasteiger partial charge is 0.381 e. The smallest absolute Gasteiger partial charge is 0.0494 e. The van der Waals surface area contributed by atoms with Crippen molar-refractivity contribution in [3.8, 4) is 0 Å². The highest BCUT2D eigenvalue weighted by Gasteiger charge is 2.19. The predicted octanol–water partition coefficient (Wildman–Crippen LogP) is 2.46. The standard InChI is InChI=1S/C9H18O/c1-3-8-5-9(4-2)7-10-6-8/h8-9H,3-7H2,1-2H3. The highest BCUT2D eigenvalue weighted by atomic mass is 16.5. The molecule has 1 saturated heterocycles. The molecule has 2 unspecified atom stereocenters. The molecule has 0 amide bonds. The maximum absolute atomic E-state index is 5.48. The topological polar surface area (TPSA) is 9.23 Å². The fraction of sp³-hybridized carbons (Fsp3) is 1.00. The zero-order valence-corrected chi connectivity index (χ0v) is 7.10. The molecule has 1 heteroatoms. The summed E-state index contributed by atoms with van der Waals surface area (Å²) in [5, 5.41) is 0. The normalized spacial score (nSPS) is 34.2. The Bertz CT molecular complexity index is 80.7. The van der Waals surface area contributed by atoms with Gasteiger partial charge < -0.3 is 4.74 Å². The Morgan fingerprint density at radius 1 is 1.10 bits per heavy atom. The molecule has 0 aliphatic carbocycles. The van der Waals surface area contributed by atoms with Crippen LogP contribution in [0, 0.1) is 11.8 Å². The van der Waals surface area contributed by atoms with Crippen LogP contribution in [-0.2, 0) is 4.74 Å². The van der Waals surface area contributed by atoms with Crippen LogP contribution in [0.4, 0.5) is 0 Å². The third-order valence-electron chi connectivity index (χ3n) is 2.53. The first-order valence-electron chi connectivity index (χ1n) is 4.44. The Balaban J connectivity index is 2.25. The van der Waals surface area contributed by atoms with Crippen LogP contribution in [0.1, 0.15) is 33.1 Å². The van der Waals surface area contributed by atoms with E-state index in [1.54, 1.807) is 0 Å². The lowest BCUT2D eigenvalue weighted by Gasteiger charge is -2.27. The van der Waals surface area contributed by atoms with E-state index in [4.69, 9.17) is 4.74 Å². The van der Waals surface area contributed by atoms with Gasteiger partial charge in [-0.3, -0.25) is 0 Å². The summed E-state index contributed by atoms with van der Waals surface area (Å²) in [6.45, 7) is 6.53. The van der Waals surface area contributed by atoms with Crippen molar-refractivity contribution in [3.05, 3.63) is 0 Å². The zero-order chi connectivity index (χ0) is 7.40. The molecule has 0 aromatic carbocycles. The molecule has 10 heavy (non-hydrogen) atoms. The molecule has 1 aliphatic rings. The quantitative estimate of drug-likeness (QED) is 0.575. The first-order chi connectivity index (χ1) is 4.86. The lowest BCUT2D eigenvalue weighted by molar-refractivity contribution is 0.0128. The van der Waals surface area contributed by atoms with Gasteiger partial charge in [0.05, 0.1) is 0 Å². The van der Waals surface area contributed by atoms with Crippen LogP contribution < -0.4 is 0 Å². The molecule has 1 aliphatic heterocycles. The Hall–Kier alpha value is -0.0400. The number of hydrogen-bond acceptors (Lipinski definition) is 1. The minimum atomic E-state index is 0.846. The highest BCUT2D eigenvalue weighted by molar-refractivity contribution is 4.68. The van der Waals surface area contributed by atoms with Gasteiger partial charge in [-0.25, -0.2) is 0 Å². The van der Waals surface area contributed by atoms with Crippen molar-refractivity contribution < 1.29 is 4.74 Å². The van der Waals surface area contributed by atoms with E-state index in [0.717, 1.165) is 25.0 Å². The van der Waals surface area contributed by atoms with Crippen LogP contribution in [0.2, 0.25) is 0 Å². The average molecular weight is 142 g/mol. The minimum absolute atomic E-state index is 0.846. The van der Waals surface area contributed by atoms with Crippen molar-refractivity contribution in [1.29, 1.82) is 0 Å². The van der Waals surface area contributed by atoms with Gasteiger partial charge in [-0.05, 0) is 18.3 Å². The van der Waals surface area contributed by atoms with Crippen LogP contribution in [0.15, 0.2) is 0 Å². The molecule has 1 fully saturated rings. The molecule has 0 spiro atoms. The molecular weight excluding hydrogens is 124 g/mol. The second kappa shape index (κ2) is 3.97. The molecule has 1 heterocycles. The molecule has 60 valence electrons. The van der Waals surface area contributed by atoms with E-state index in [-0.39, 0.29) is 0 Å². The molecule has 0 N–H and O–H groups in total. The molecule has 1 rings (SSSR count). The average Bonchev–Trinajstić information content (AvgIpc) is 2.05. The number of rotatable bonds is 2. The van der Waals surface area contributed by atoms with Crippen molar-refractivity contribution in [2.75, 3.05) is 13.2 Å². The fourth-order valence-electron chi connectivity index (χ4n) is 1.58. The van der Waals surface area contributed by atoms with E-state index in [1.807, 2.05) is 0 Å². The van der Waals surface area contributed by atoms with Crippen molar-refractivity contribution >= 4 is 0 Å². The maximum atomic E-state index is 5.48. The zero-order valence-electron chi connectivity index (χ0n) is 7.10. The van der Waals surface area contributed by atoms with Gasteiger partial charge in [-0.1, -0.05) is 26.7 Å². The molecule has 0 radical (unpaired) electrons. The predicted molar refractivity (Wildman–Crippen MR) is 43.0 cm³/mol. The summed E-state index contributed by atoms with van der Waals surface area (Å²) in [6, 6.07) is 0. The van der Waals surface area contributed by atoms with Gasteiger partial charge in [-0.15, -0.1) is 0 Å². The van der Waals surface area contributed by atoms with Gasteiger partial charge in [0, 0.05) is 13.2 Å². The highest BCUT2D eigenvalue weighted by Crippen LogP contribution is 2.23. The van der Waals surface area contributed by atoms with E-state index in [9.17, 15) is 0 Å². The second-order valence-electron chi connectivity index (χ2n) is 3.32. The Labute approximate surface area is 63.8 Å². The third kappa shape index (κ3) is 1.98. The van der Waals surface area contributed by atoms with Crippen molar-refractivity contribution in [1.82, 2.24) is 0 Å². The Morgan fingerprint density at radius 3 is 2.00 bits per heavy atom.